The largest absolute Gasteiger partial charge is 0.496 e. The number of hydrogen-bond donors (Lipinski definition) is 1. The minimum absolute atomic E-state index is 0.0527. The summed E-state index contributed by atoms with van der Waals surface area (Å²) in [5.41, 5.74) is -0.680. The summed E-state index contributed by atoms with van der Waals surface area (Å²) in [5.74, 6) is -0.195. The van der Waals surface area contributed by atoms with E-state index in [9.17, 15) is 22.8 Å². The second-order valence-electron chi connectivity index (χ2n) is 6.86. The summed E-state index contributed by atoms with van der Waals surface area (Å²) in [5, 5.41) is 2.34. The molecular formula is C21H22F3N3O3. The summed E-state index contributed by atoms with van der Waals surface area (Å²) in [6.07, 6.45) is -4.55. The Bertz CT molecular complexity index is 910. The number of halogens is 3. The summed E-state index contributed by atoms with van der Waals surface area (Å²) in [6.45, 7) is 1.64. The Balaban J connectivity index is 1.55. The van der Waals surface area contributed by atoms with Crippen LogP contribution in [-0.2, 0) is 11.0 Å². The number of alkyl halides is 3. The van der Waals surface area contributed by atoms with Crippen LogP contribution in [0, 0.1) is 0 Å². The van der Waals surface area contributed by atoms with Gasteiger partial charge in [-0.05, 0) is 24.3 Å². The molecule has 0 spiro atoms. The first-order valence-corrected chi connectivity index (χ1v) is 9.40. The first-order valence-electron chi connectivity index (χ1n) is 9.40. The van der Waals surface area contributed by atoms with E-state index in [1.165, 1.54) is 25.3 Å². The normalized spacial score (nSPS) is 15.0. The van der Waals surface area contributed by atoms with Crippen LogP contribution >= 0.6 is 0 Å². The van der Waals surface area contributed by atoms with Crippen LogP contribution in [0.4, 0.5) is 18.9 Å². The maximum Gasteiger partial charge on any atom is 0.418 e. The van der Waals surface area contributed by atoms with Crippen molar-refractivity contribution in [3.8, 4) is 5.75 Å². The molecule has 1 heterocycles. The molecule has 6 nitrogen and oxygen atoms in total. The highest BCUT2D eigenvalue weighted by molar-refractivity contribution is 5.97. The molecule has 0 aliphatic carbocycles. The summed E-state index contributed by atoms with van der Waals surface area (Å²) in [6, 6.07) is 11.8. The van der Waals surface area contributed by atoms with E-state index in [0.717, 1.165) is 6.07 Å². The van der Waals surface area contributed by atoms with Crippen LogP contribution in [0.1, 0.15) is 15.9 Å². The summed E-state index contributed by atoms with van der Waals surface area (Å²) < 4.78 is 44.4. The number of carbonyl (C=O) groups excluding carboxylic acids is 2. The van der Waals surface area contributed by atoms with Crippen LogP contribution in [0.3, 0.4) is 0 Å². The molecule has 0 saturated carbocycles. The van der Waals surface area contributed by atoms with Crippen molar-refractivity contribution in [2.24, 2.45) is 0 Å². The molecule has 3 rings (SSSR count). The van der Waals surface area contributed by atoms with Crippen molar-refractivity contribution in [3.63, 3.8) is 0 Å². The molecule has 1 aliphatic heterocycles. The zero-order valence-electron chi connectivity index (χ0n) is 16.4. The second kappa shape index (κ2) is 9.17. The Morgan fingerprint density at radius 2 is 1.63 bits per heavy atom. The van der Waals surface area contributed by atoms with Crippen LogP contribution < -0.4 is 10.1 Å². The highest BCUT2D eigenvalue weighted by Crippen LogP contribution is 2.34. The Labute approximate surface area is 172 Å². The number of rotatable bonds is 5. The number of benzene rings is 2. The maximum absolute atomic E-state index is 13.1. The second-order valence-corrected chi connectivity index (χ2v) is 6.86. The standard InChI is InChI=1S/C21H22F3N3O3/c1-30-18-9-5-2-6-15(18)20(29)27-12-10-26(11-13-27)14-19(28)25-17-8-4-3-7-16(17)21(22,23)24/h2-9H,10-14H2,1H3,(H,25,28). The Morgan fingerprint density at radius 3 is 2.30 bits per heavy atom. The van der Waals surface area contributed by atoms with Crippen LogP contribution in [0.5, 0.6) is 5.75 Å². The van der Waals surface area contributed by atoms with Gasteiger partial charge in [0.2, 0.25) is 5.91 Å². The van der Waals surface area contributed by atoms with Gasteiger partial charge in [0.25, 0.3) is 5.91 Å². The lowest BCUT2D eigenvalue weighted by Gasteiger charge is -2.34. The molecule has 2 aromatic carbocycles. The van der Waals surface area contributed by atoms with E-state index in [4.69, 9.17) is 4.74 Å². The van der Waals surface area contributed by atoms with E-state index in [0.29, 0.717) is 37.5 Å². The number of para-hydroxylation sites is 2. The molecule has 0 unspecified atom stereocenters. The van der Waals surface area contributed by atoms with E-state index in [-0.39, 0.29) is 18.1 Å². The number of amides is 2. The topological polar surface area (TPSA) is 61.9 Å². The predicted octanol–water partition coefficient (Wildman–Crippen LogP) is 3.11. The lowest BCUT2D eigenvalue weighted by atomic mass is 10.1. The number of carbonyl (C=O) groups is 2. The monoisotopic (exact) mass is 421 g/mol. The number of nitrogens with zero attached hydrogens (tertiary/aromatic N) is 2. The van der Waals surface area contributed by atoms with E-state index in [1.807, 2.05) is 0 Å². The van der Waals surface area contributed by atoms with Crippen LogP contribution in [0.25, 0.3) is 0 Å². The first-order chi connectivity index (χ1) is 14.3. The van der Waals surface area contributed by atoms with Crippen molar-refractivity contribution in [1.29, 1.82) is 0 Å². The molecule has 1 saturated heterocycles. The highest BCUT2D eigenvalue weighted by Gasteiger charge is 2.33. The molecule has 2 amide bonds. The quantitative estimate of drug-likeness (QED) is 0.806. The number of methoxy groups -OCH3 is 1. The first kappa shape index (κ1) is 21.6. The van der Waals surface area contributed by atoms with Crippen LogP contribution in [0.15, 0.2) is 48.5 Å². The number of nitrogens with one attached hydrogen (secondary N) is 1. The molecule has 0 bridgehead atoms. The number of piperazine rings is 1. The third-order valence-corrected chi connectivity index (χ3v) is 4.87. The van der Waals surface area contributed by atoms with Gasteiger partial charge in [0.05, 0.1) is 30.5 Å². The third-order valence-electron chi connectivity index (χ3n) is 4.87. The fourth-order valence-electron chi connectivity index (χ4n) is 3.33. The predicted molar refractivity (Wildman–Crippen MR) is 105 cm³/mol. The molecule has 1 N–H and O–H groups in total. The number of ether oxygens (including phenoxy) is 1. The summed E-state index contributed by atoms with van der Waals surface area (Å²) >= 11 is 0. The molecule has 0 atom stereocenters. The molecule has 160 valence electrons. The smallest absolute Gasteiger partial charge is 0.418 e. The zero-order valence-corrected chi connectivity index (χ0v) is 16.4. The van der Waals surface area contributed by atoms with Gasteiger partial charge in [-0.3, -0.25) is 14.5 Å². The van der Waals surface area contributed by atoms with Gasteiger partial charge >= 0.3 is 6.18 Å². The molecule has 0 radical (unpaired) electrons. The summed E-state index contributed by atoms with van der Waals surface area (Å²) in [4.78, 5) is 28.5. The Hall–Kier alpha value is -3.07. The van der Waals surface area contributed by atoms with Gasteiger partial charge in [-0.15, -0.1) is 0 Å². The number of hydrogen-bond acceptors (Lipinski definition) is 4. The average Bonchev–Trinajstić information content (AvgIpc) is 2.73. The molecule has 30 heavy (non-hydrogen) atoms. The average molecular weight is 421 g/mol. The van der Waals surface area contributed by atoms with Gasteiger partial charge in [0.1, 0.15) is 5.75 Å². The van der Waals surface area contributed by atoms with Gasteiger partial charge in [-0.1, -0.05) is 24.3 Å². The van der Waals surface area contributed by atoms with Gasteiger partial charge in [-0.2, -0.15) is 13.2 Å². The van der Waals surface area contributed by atoms with Gasteiger partial charge in [0.15, 0.2) is 0 Å². The van der Waals surface area contributed by atoms with Crippen LogP contribution in [0.2, 0.25) is 0 Å². The van der Waals surface area contributed by atoms with Crippen LogP contribution in [-0.4, -0.2) is 61.4 Å². The lowest BCUT2D eigenvalue weighted by molar-refractivity contribution is -0.137. The SMILES string of the molecule is COc1ccccc1C(=O)N1CCN(CC(=O)Nc2ccccc2C(F)(F)F)CC1. The highest BCUT2D eigenvalue weighted by atomic mass is 19.4. The minimum Gasteiger partial charge on any atom is -0.496 e. The zero-order chi connectivity index (χ0) is 21.7. The van der Waals surface area contributed by atoms with Crippen molar-refractivity contribution in [1.82, 2.24) is 9.80 Å². The van der Waals surface area contributed by atoms with Crippen molar-refractivity contribution < 1.29 is 27.5 Å². The molecule has 2 aromatic rings. The molecule has 0 aromatic heterocycles. The third kappa shape index (κ3) is 5.10. The van der Waals surface area contributed by atoms with E-state index in [2.05, 4.69) is 5.32 Å². The minimum atomic E-state index is -4.55. The van der Waals surface area contributed by atoms with Gasteiger partial charge in [0, 0.05) is 26.2 Å². The molecular weight excluding hydrogens is 399 g/mol. The van der Waals surface area contributed by atoms with Gasteiger partial charge in [-0.25, -0.2) is 0 Å². The van der Waals surface area contributed by atoms with E-state index in [1.54, 1.807) is 34.1 Å². The molecule has 1 aliphatic rings. The van der Waals surface area contributed by atoms with Crippen molar-refractivity contribution in [2.45, 2.75) is 6.18 Å². The molecule has 1 fully saturated rings. The summed E-state index contributed by atoms with van der Waals surface area (Å²) in [7, 11) is 1.50. The fraction of sp³-hybridized carbons (Fsp3) is 0.333. The van der Waals surface area contributed by atoms with Crippen molar-refractivity contribution in [3.05, 3.63) is 59.7 Å². The van der Waals surface area contributed by atoms with Gasteiger partial charge < -0.3 is 15.0 Å². The number of anilines is 1. The lowest BCUT2D eigenvalue weighted by Crippen LogP contribution is -2.50. The van der Waals surface area contributed by atoms with Crippen molar-refractivity contribution in [2.75, 3.05) is 45.2 Å². The Morgan fingerprint density at radius 1 is 1.00 bits per heavy atom. The maximum atomic E-state index is 13.1. The van der Waals surface area contributed by atoms with E-state index >= 15 is 0 Å². The van der Waals surface area contributed by atoms with E-state index < -0.39 is 17.6 Å². The fourth-order valence-corrected chi connectivity index (χ4v) is 3.33. The molecule has 9 heteroatoms. The van der Waals surface area contributed by atoms with Crippen molar-refractivity contribution >= 4 is 17.5 Å². The Kier molecular flexibility index (Phi) is 6.61.